The predicted molar refractivity (Wildman–Crippen MR) is 91.6 cm³/mol. The summed E-state index contributed by atoms with van der Waals surface area (Å²) >= 11 is 0. The molecule has 1 aliphatic rings. The lowest BCUT2D eigenvalue weighted by Crippen LogP contribution is -2.53. The van der Waals surface area contributed by atoms with E-state index in [0.717, 1.165) is 26.1 Å². The van der Waals surface area contributed by atoms with E-state index in [1.54, 1.807) is 12.3 Å². The molecule has 1 aromatic carbocycles. The molecule has 1 aliphatic heterocycles. The summed E-state index contributed by atoms with van der Waals surface area (Å²) in [7, 11) is 0. The zero-order valence-electron chi connectivity index (χ0n) is 13.9. The first-order valence-corrected chi connectivity index (χ1v) is 8.44. The second kappa shape index (κ2) is 8.08. The third-order valence-corrected chi connectivity index (χ3v) is 4.38. The van der Waals surface area contributed by atoms with Crippen molar-refractivity contribution in [3.05, 3.63) is 53.9 Å². The van der Waals surface area contributed by atoms with Crippen molar-refractivity contribution in [3.63, 3.8) is 0 Å². The van der Waals surface area contributed by atoms with Gasteiger partial charge in [0.2, 0.25) is 0 Å². The maximum absolute atomic E-state index is 12.2. The lowest BCUT2D eigenvalue weighted by atomic mass is 10.1. The monoisotopic (exact) mass is 328 g/mol. The van der Waals surface area contributed by atoms with Crippen LogP contribution in [0.2, 0.25) is 0 Å². The number of nitrogens with zero attached hydrogens (tertiary/aromatic N) is 2. The highest BCUT2D eigenvalue weighted by Crippen LogP contribution is 2.15. The van der Waals surface area contributed by atoms with Crippen molar-refractivity contribution in [1.82, 2.24) is 20.4 Å². The Morgan fingerprint density at radius 3 is 2.96 bits per heavy atom. The van der Waals surface area contributed by atoms with Crippen LogP contribution in [0.4, 0.5) is 0 Å². The van der Waals surface area contributed by atoms with Gasteiger partial charge in [0.05, 0.1) is 18.8 Å². The van der Waals surface area contributed by atoms with Crippen LogP contribution in [0, 0.1) is 0 Å². The number of hydrogen-bond acceptors (Lipinski definition) is 4. The molecular weight excluding hydrogens is 304 g/mol. The van der Waals surface area contributed by atoms with E-state index in [0.29, 0.717) is 12.3 Å². The zero-order valence-corrected chi connectivity index (χ0v) is 13.9. The highest BCUT2D eigenvalue weighted by atomic mass is 16.5. The number of H-pyrrole nitrogens is 1. The minimum absolute atomic E-state index is 0.000617. The van der Waals surface area contributed by atoms with E-state index >= 15 is 0 Å². The molecule has 6 heteroatoms. The molecule has 0 saturated carbocycles. The third-order valence-electron chi connectivity index (χ3n) is 4.38. The summed E-state index contributed by atoms with van der Waals surface area (Å²) in [6.07, 6.45) is 2.40. The topological polar surface area (TPSA) is 70.2 Å². The van der Waals surface area contributed by atoms with Gasteiger partial charge in [0.1, 0.15) is 5.69 Å². The number of morpholine rings is 1. The molecular formula is C18H24N4O2. The van der Waals surface area contributed by atoms with Crippen molar-refractivity contribution in [2.75, 3.05) is 19.7 Å². The summed E-state index contributed by atoms with van der Waals surface area (Å²) < 4.78 is 5.93. The van der Waals surface area contributed by atoms with Gasteiger partial charge in [-0.05, 0) is 18.1 Å². The minimum atomic E-state index is -0.136. The molecule has 3 rings (SSSR count). The number of hydrogen-bond donors (Lipinski definition) is 2. The number of ether oxygens (including phenoxy) is 1. The highest BCUT2D eigenvalue weighted by molar-refractivity contribution is 5.92. The molecule has 0 radical (unpaired) electrons. The molecule has 2 aromatic rings. The van der Waals surface area contributed by atoms with Crippen LogP contribution in [0.3, 0.4) is 0 Å². The van der Waals surface area contributed by atoms with Gasteiger partial charge in [-0.3, -0.25) is 14.8 Å². The van der Waals surface area contributed by atoms with Gasteiger partial charge in [-0.15, -0.1) is 0 Å². The Balaban J connectivity index is 1.58. The molecule has 1 aromatic heterocycles. The Hall–Kier alpha value is -2.18. The van der Waals surface area contributed by atoms with E-state index in [-0.39, 0.29) is 18.1 Å². The first-order chi connectivity index (χ1) is 11.8. The third kappa shape index (κ3) is 4.21. The van der Waals surface area contributed by atoms with Gasteiger partial charge in [0, 0.05) is 25.8 Å². The van der Waals surface area contributed by atoms with Crippen molar-refractivity contribution in [3.8, 4) is 0 Å². The Morgan fingerprint density at radius 1 is 1.42 bits per heavy atom. The van der Waals surface area contributed by atoms with Crippen LogP contribution >= 0.6 is 0 Å². The van der Waals surface area contributed by atoms with Crippen molar-refractivity contribution in [2.24, 2.45) is 0 Å². The first kappa shape index (κ1) is 16.7. The SMILES string of the molecule is CC[C@@H](NC(=O)c1ccn[nH]1)[C@@H]1CN(Cc2ccccc2)CCO1. The van der Waals surface area contributed by atoms with E-state index in [2.05, 4.69) is 51.6 Å². The number of aromatic nitrogens is 2. The fraction of sp³-hybridized carbons (Fsp3) is 0.444. The fourth-order valence-electron chi connectivity index (χ4n) is 3.05. The summed E-state index contributed by atoms with van der Waals surface area (Å²) in [6, 6.07) is 12.1. The normalized spacial score (nSPS) is 19.8. The summed E-state index contributed by atoms with van der Waals surface area (Å²) in [5, 5.41) is 9.58. The van der Waals surface area contributed by atoms with Gasteiger partial charge in [-0.1, -0.05) is 37.3 Å². The van der Waals surface area contributed by atoms with Crippen LogP contribution < -0.4 is 5.32 Å². The van der Waals surface area contributed by atoms with Crippen molar-refractivity contribution >= 4 is 5.91 Å². The van der Waals surface area contributed by atoms with Gasteiger partial charge in [-0.25, -0.2) is 0 Å². The van der Waals surface area contributed by atoms with E-state index in [1.165, 1.54) is 5.56 Å². The number of amides is 1. The Labute approximate surface area is 142 Å². The largest absolute Gasteiger partial charge is 0.373 e. The summed E-state index contributed by atoms with van der Waals surface area (Å²) in [4.78, 5) is 14.6. The van der Waals surface area contributed by atoms with Crippen LogP contribution in [-0.4, -0.2) is 52.8 Å². The maximum Gasteiger partial charge on any atom is 0.269 e. The molecule has 24 heavy (non-hydrogen) atoms. The highest BCUT2D eigenvalue weighted by Gasteiger charge is 2.28. The van der Waals surface area contributed by atoms with Crippen LogP contribution in [0.5, 0.6) is 0 Å². The first-order valence-electron chi connectivity index (χ1n) is 8.44. The summed E-state index contributed by atoms with van der Waals surface area (Å²) in [6.45, 7) is 5.39. The molecule has 1 amide bonds. The quantitative estimate of drug-likeness (QED) is 0.848. The number of aromatic amines is 1. The summed E-state index contributed by atoms with van der Waals surface area (Å²) in [5.74, 6) is -0.136. The molecule has 0 aliphatic carbocycles. The number of nitrogens with one attached hydrogen (secondary N) is 2. The number of carbonyl (C=O) groups excluding carboxylic acids is 1. The molecule has 2 heterocycles. The molecule has 6 nitrogen and oxygen atoms in total. The van der Waals surface area contributed by atoms with Crippen LogP contribution in [0.15, 0.2) is 42.6 Å². The molecule has 2 N–H and O–H groups in total. The Morgan fingerprint density at radius 2 is 2.25 bits per heavy atom. The van der Waals surface area contributed by atoms with Gasteiger partial charge >= 0.3 is 0 Å². The lowest BCUT2D eigenvalue weighted by Gasteiger charge is -2.37. The molecule has 1 fully saturated rings. The molecule has 0 unspecified atom stereocenters. The zero-order chi connectivity index (χ0) is 16.8. The second-order valence-electron chi connectivity index (χ2n) is 6.09. The van der Waals surface area contributed by atoms with E-state index < -0.39 is 0 Å². The maximum atomic E-state index is 12.2. The van der Waals surface area contributed by atoms with Crippen LogP contribution in [0.25, 0.3) is 0 Å². The molecule has 0 bridgehead atoms. The van der Waals surface area contributed by atoms with Gasteiger partial charge < -0.3 is 10.1 Å². The number of carbonyl (C=O) groups is 1. The van der Waals surface area contributed by atoms with Gasteiger partial charge in [-0.2, -0.15) is 5.10 Å². The predicted octanol–water partition coefficient (Wildman–Crippen LogP) is 1.82. The van der Waals surface area contributed by atoms with E-state index in [1.807, 2.05) is 6.07 Å². The van der Waals surface area contributed by atoms with Gasteiger partial charge in [0.25, 0.3) is 5.91 Å². The van der Waals surface area contributed by atoms with E-state index in [9.17, 15) is 4.79 Å². The molecule has 1 saturated heterocycles. The second-order valence-corrected chi connectivity index (χ2v) is 6.09. The molecule has 128 valence electrons. The summed E-state index contributed by atoms with van der Waals surface area (Å²) in [5.41, 5.74) is 1.78. The lowest BCUT2D eigenvalue weighted by molar-refractivity contribution is -0.0483. The van der Waals surface area contributed by atoms with Crippen molar-refractivity contribution in [2.45, 2.75) is 32.0 Å². The van der Waals surface area contributed by atoms with Gasteiger partial charge in [0.15, 0.2) is 0 Å². The fourth-order valence-corrected chi connectivity index (χ4v) is 3.05. The Kier molecular flexibility index (Phi) is 5.61. The van der Waals surface area contributed by atoms with E-state index in [4.69, 9.17) is 4.74 Å². The average molecular weight is 328 g/mol. The minimum Gasteiger partial charge on any atom is -0.373 e. The van der Waals surface area contributed by atoms with Crippen LogP contribution in [0.1, 0.15) is 29.4 Å². The number of benzene rings is 1. The van der Waals surface area contributed by atoms with Crippen molar-refractivity contribution in [1.29, 1.82) is 0 Å². The number of rotatable bonds is 6. The standard InChI is InChI=1S/C18H24N4O2/c1-2-15(20-18(23)16-8-9-19-21-16)17-13-22(10-11-24-17)12-14-6-4-3-5-7-14/h3-9,15,17H,2,10-13H2,1H3,(H,19,21)(H,20,23)/t15-,17+/m1/s1. The average Bonchev–Trinajstić information content (AvgIpc) is 3.15. The molecule has 2 atom stereocenters. The van der Waals surface area contributed by atoms with Crippen molar-refractivity contribution < 1.29 is 9.53 Å². The molecule has 0 spiro atoms. The smallest absolute Gasteiger partial charge is 0.269 e. The van der Waals surface area contributed by atoms with Crippen LogP contribution in [-0.2, 0) is 11.3 Å². The Bertz CT molecular complexity index is 630.